The van der Waals surface area contributed by atoms with Crippen molar-refractivity contribution in [3.05, 3.63) is 11.6 Å². The molecule has 2 heterocycles. The van der Waals surface area contributed by atoms with Crippen molar-refractivity contribution in [1.82, 2.24) is 30.3 Å². The number of carbonyl (C=O) groups is 2. The van der Waals surface area contributed by atoms with E-state index in [9.17, 15) is 9.59 Å². The van der Waals surface area contributed by atoms with Crippen molar-refractivity contribution in [2.45, 2.75) is 25.8 Å². The Labute approximate surface area is 123 Å². The third-order valence-corrected chi connectivity index (χ3v) is 3.44. The largest absolute Gasteiger partial charge is 0.347 e. The predicted molar refractivity (Wildman–Crippen MR) is 76.8 cm³/mol. The van der Waals surface area contributed by atoms with Crippen LogP contribution in [0.4, 0.5) is 0 Å². The molecule has 0 saturated carbocycles. The third kappa shape index (κ3) is 3.38. The van der Waals surface area contributed by atoms with E-state index in [2.05, 4.69) is 20.5 Å². The number of nitrogens with zero attached hydrogens (tertiary/aromatic N) is 4. The van der Waals surface area contributed by atoms with E-state index in [0.717, 1.165) is 12.8 Å². The van der Waals surface area contributed by atoms with Crippen LogP contribution in [0.3, 0.4) is 0 Å². The smallest absolute Gasteiger partial charge is 0.294 e. The van der Waals surface area contributed by atoms with Crippen LogP contribution in [0.25, 0.3) is 0 Å². The molecule has 8 nitrogen and oxygen atoms in total. The Kier molecular flexibility index (Phi) is 4.89. The van der Waals surface area contributed by atoms with Crippen molar-refractivity contribution >= 4 is 11.8 Å². The molecule has 1 fully saturated rings. The lowest BCUT2D eigenvalue weighted by Gasteiger charge is -2.35. The Bertz CT molecular complexity index is 513. The minimum Gasteiger partial charge on any atom is -0.347 e. The second-order valence-electron chi connectivity index (χ2n) is 5.31. The van der Waals surface area contributed by atoms with Gasteiger partial charge in [0.2, 0.25) is 11.7 Å². The topological polar surface area (TPSA) is 94.2 Å². The van der Waals surface area contributed by atoms with Crippen molar-refractivity contribution in [2.75, 3.05) is 33.7 Å². The Morgan fingerprint density at radius 2 is 2.19 bits per heavy atom. The summed E-state index contributed by atoms with van der Waals surface area (Å²) >= 11 is 0. The molecule has 0 spiro atoms. The lowest BCUT2D eigenvalue weighted by Crippen LogP contribution is -2.59. The maximum Gasteiger partial charge on any atom is 0.294 e. The lowest BCUT2D eigenvalue weighted by molar-refractivity contribution is -0.134. The summed E-state index contributed by atoms with van der Waals surface area (Å²) in [6.45, 7) is 3.62. The van der Waals surface area contributed by atoms with Crippen molar-refractivity contribution in [2.24, 2.45) is 0 Å². The summed E-state index contributed by atoms with van der Waals surface area (Å²) in [5.74, 6) is 0.443. The fourth-order valence-electron chi connectivity index (χ4n) is 2.33. The number of amides is 2. The molecule has 1 aliphatic heterocycles. The summed E-state index contributed by atoms with van der Waals surface area (Å²) in [5.41, 5.74) is 0. The predicted octanol–water partition coefficient (Wildman–Crippen LogP) is -0.741. The van der Waals surface area contributed by atoms with Crippen LogP contribution in [-0.4, -0.2) is 76.6 Å². The summed E-state index contributed by atoms with van der Waals surface area (Å²) < 4.78 is 0. The van der Waals surface area contributed by atoms with E-state index < -0.39 is 6.04 Å². The quantitative estimate of drug-likeness (QED) is 0.763. The van der Waals surface area contributed by atoms with Gasteiger partial charge in [-0.2, -0.15) is 0 Å². The molecular weight excluding hydrogens is 272 g/mol. The van der Waals surface area contributed by atoms with Gasteiger partial charge in [-0.05, 0) is 6.42 Å². The summed E-state index contributed by atoms with van der Waals surface area (Å²) in [6.07, 6.45) is 1.68. The van der Waals surface area contributed by atoms with Gasteiger partial charge in [-0.3, -0.25) is 14.7 Å². The average Bonchev–Trinajstić information content (AvgIpc) is 2.94. The Morgan fingerprint density at radius 3 is 2.86 bits per heavy atom. The monoisotopic (exact) mass is 294 g/mol. The van der Waals surface area contributed by atoms with Crippen LogP contribution in [0.15, 0.2) is 0 Å². The van der Waals surface area contributed by atoms with E-state index in [-0.39, 0.29) is 17.6 Å². The van der Waals surface area contributed by atoms with Crippen LogP contribution >= 0.6 is 0 Å². The van der Waals surface area contributed by atoms with E-state index >= 15 is 0 Å². The number of hydrogen-bond acceptors (Lipinski definition) is 5. The lowest BCUT2D eigenvalue weighted by atomic mass is 10.1. The number of carbonyl (C=O) groups excluding carboxylic acids is 2. The highest BCUT2D eigenvalue weighted by Crippen LogP contribution is 2.10. The van der Waals surface area contributed by atoms with Crippen LogP contribution in [0, 0.1) is 0 Å². The molecule has 1 unspecified atom stereocenters. The molecule has 8 heteroatoms. The normalized spacial score (nSPS) is 18.6. The minimum atomic E-state index is -0.505. The van der Waals surface area contributed by atoms with E-state index in [1.54, 1.807) is 19.0 Å². The zero-order valence-corrected chi connectivity index (χ0v) is 12.7. The number of piperazine rings is 1. The summed E-state index contributed by atoms with van der Waals surface area (Å²) in [5, 5.41) is 9.89. The number of nitrogens with one attached hydrogen (secondary N) is 2. The van der Waals surface area contributed by atoms with Gasteiger partial charge in [-0.25, -0.2) is 4.98 Å². The van der Waals surface area contributed by atoms with E-state index in [4.69, 9.17) is 0 Å². The molecular formula is C13H22N6O2. The van der Waals surface area contributed by atoms with Gasteiger partial charge in [0.05, 0.1) is 0 Å². The van der Waals surface area contributed by atoms with Gasteiger partial charge in [-0.15, -0.1) is 5.10 Å². The molecule has 0 aliphatic carbocycles. The first-order valence-corrected chi connectivity index (χ1v) is 7.18. The fraction of sp³-hybridized carbons (Fsp3) is 0.692. The maximum absolute atomic E-state index is 12.5. The summed E-state index contributed by atoms with van der Waals surface area (Å²) in [4.78, 5) is 32.0. The second kappa shape index (κ2) is 6.66. The number of aromatic nitrogens is 3. The number of hydrogen-bond donors (Lipinski definition) is 2. The first kappa shape index (κ1) is 15.4. The minimum absolute atomic E-state index is 0.0973. The Hall–Kier alpha value is -1.96. The molecule has 1 aromatic rings. The first-order chi connectivity index (χ1) is 10.0. The van der Waals surface area contributed by atoms with Gasteiger partial charge in [0, 0.05) is 40.2 Å². The Morgan fingerprint density at radius 1 is 1.43 bits per heavy atom. The van der Waals surface area contributed by atoms with Crippen LogP contribution in [0.2, 0.25) is 0 Å². The standard InChI is InChI=1S/C13H22N6O2/c1-4-5-10-15-11(17-16-10)13(21)19-7-6-14-8-9(19)12(20)18(2)3/h9,14H,4-8H2,1-3H3,(H,15,16,17). The van der Waals surface area contributed by atoms with E-state index in [1.165, 1.54) is 4.90 Å². The number of aryl methyl sites for hydroxylation is 1. The molecule has 1 saturated heterocycles. The van der Waals surface area contributed by atoms with E-state index in [0.29, 0.717) is 25.5 Å². The number of H-pyrrole nitrogens is 1. The molecule has 2 rings (SSSR count). The molecule has 0 aromatic carbocycles. The van der Waals surface area contributed by atoms with Gasteiger partial charge >= 0.3 is 0 Å². The average molecular weight is 294 g/mol. The molecule has 0 radical (unpaired) electrons. The van der Waals surface area contributed by atoms with E-state index in [1.807, 2.05) is 6.92 Å². The molecule has 1 atom stereocenters. The van der Waals surface area contributed by atoms with Crippen molar-refractivity contribution in [3.8, 4) is 0 Å². The van der Waals surface area contributed by atoms with Crippen molar-refractivity contribution in [3.63, 3.8) is 0 Å². The zero-order chi connectivity index (χ0) is 15.4. The number of aromatic amines is 1. The third-order valence-electron chi connectivity index (χ3n) is 3.44. The van der Waals surface area contributed by atoms with Gasteiger partial charge in [0.1, 0.15) is 11.9 Å². The highest BCUT2D eigenvalue weighted by molar-refractivity contribution is 5.95. The fourth-order valence-corrected chi connectivity index (χ4v) is 2.33. The van der Waals surface area contributed by atoms with Crippen LogP contribution in [-0.2, 0) is 11.2 Å². The molecule has 2 N–H and O–H groups in total. The molecule has 21 heavy (non-hydrogen) atoms. The van der Waals surface area contributed by atoms with Gasteiger partial charge in [-0.1, -0.05) is 6.92 Å². The zero-order valence-electron chi connectivity index (χ0n) is 12.7. The molecule has 1 aliphatic rings. The molecule has 2 amide bonds. The van der Waals surface area contributed by atoms with Gasteiger partial charge < -0.3 is 15.1 Å². The van der Waals surface area contributed by atoms with Crippen LogP contribution < -0.4 is 5.32 Å². The summed E-state index contributed by atoms with van der Waals surface area (Å²) in [6, 6.07) is -0.505. The number of rotatable bonds is 4. The summed E-state index contributed by atoms with van der Waals surface area (Å²) in [7, 11) is 3.37. The second-order valence-corrected chi connectivity index (χ2v) is 5.31. The molecule has 1 aromatic heterocycles. The first-order valence-electron chi connectivity index (χ1n) is 7.18. The highest BCUT2D eigenvalue weighted by atomic mass is 16.2. The van der Waals surface area contributed by atoms with Gasteiger partial charge in [0.15, 0.2) is 0 Å². The SMILES string of the molecule is CCCc1nc(C(=O)N2CCNCC2C(=O)N(C)C)n[nH]1. The molecule has 116 valence electrons. The molecule has 0 bridgehead atoms. The highest BCUT2D eigenvalue weighted by Gasteiger charge is 2.34. The van der Waals surface area contributed by atoms with Crippen molar-refractivity contribution in [1.29, 1.82) is 0 Å². The van der Waals surface area contributed by atoms with Crippen LogP contribution in [0.5, 0.6) is 0 Å². The number of likely N-dealkylation sites (N-methyl/N-ethyl adjacent to an activating group) is 1. The Balaban J connectivity index is 2.16. The maximum atomic E-state index is 12.5. The van der Waals surface area contributed by atoms with Crippen LogP contribution in [0.1, 0.15) is 29.8 Å². The van der Waals surface area contributed by atoms with Crippen molar-refractivity contribution < 1.29 is 9.59 Å². The van der Waals surface area contributed by atoms with Gasteiger partial charge in [0.25, 0.3) is 5.91 Å².